The molecule has 1 aliphatic rings. The molecule has 0 amide bonds. The van der Waals surface area contributed by atoms with E-state index in [2.05, 4.69) is 17.6 Å². The molecule has 3 nitrogen and oxygen atoms in total. The van der Waals surface area contributed by atoms with Crippen molar-refractivity contribution in [2.75, 3.05) is 5.75 Å². The summed E-state index contributed by atoms with van der Waals surface area (Å²) in [6.45, 7) is 0.683. The van der Waals surface area contributed by atoms with Crippen LogP contribution in [0, 0.1) is 5.41 Å². The molecule has 1 aliphatic carbocycles. The SMILES string of the molecule is O=c1ncc(Cl)cn1CC1(CS)CCCCC1. The van der Waals surface area contributed by atoms with Crippen LogP contribution in [-0.4, -0.2) is 15.3 Å². The van der Waals surface area contributed by atoms with Crippen LogP contribution in [-0.2, 0) is 6.54 Å². The maximum Gasteiger partial charge on any atom is 0.347 e. The maximum absolute atomic E-state index is 11.7. The summed E-state index contributed by atoms with van der Waals surface area (Å²) in [5.74, 6) is 0.811. The average Bonchev–Trinajstić information content (AvgIpc) is 2.35. The summed E-state index contributed by atoms with van der Waals surface area (Å²) in [5, 5.41) is 0.509. The monoisotopic (exact) mass is 272 g/mol. The van der Waals surface area contributed by atoms with Gasteiger partial charge in [0.1, 0.15) is 0 Å². The quantitative estimate of drug-likeness (QED) is 0.859. The van der Waals surface area contributed by atoms with Crippen molar-refractivity contribution < 1.29 is 0 Å². The summed E-state index contributed by atoms with van der Waals surface area (Å²) in [4.78, 5) is 15.4. The zero-order valence-corrected chi connectivity index (χ0v) is 11.4. The van der Waals surface area contributed by atoms with Gasteiger partial charge in [-0.05, 0) is 24.0 Å². The standard InChI is InChI=1S/C12H17ClN2OS/c13-10-6-14-11(16)15(7-10)8-12(9-17)4-2-1-3-5-12/h6-7,17H,1-5,8-9H2. The van der Waals surface area contributed by atoms with E-state index in [9.17, 15) is 4.79 Å². The Balaban J connectivity index is 2.23. The number of nitrogens with zero attached hydrogens (tertiary/aromatic N) is 2. The summed E-state index contributed by atoms with van der Waals surface area (Å²) in [6.07, 6.45) is 9.08. The number of aromatic nitrogens is 2. The van der Waals surface area contributed by atoms with Gasteiger partial charge in [-0.1, -0.05) is 30.9 Å². The molecule has 1 fully saturated rings. The van der Waals surface area contributed by atoms with Gasteiger partial charge in [0.25, 0.3) is 0 Å². The Morgan fingerprint density at radius 3 is 2.76 bits per heavy atom. The third kappa shape index (κ3) is 3.05. The Morgan fingerprint density at radius 1 is 1.41 bits per heavy atom. The molecule has 1 heterocycles. The first-order valence-corrected chi connectivity index (χ1v) is 6.99. The summed E-state index contributed by atoms with van der Waals surface area (Å²) < 4.78 is 1.63. The fraction of sp³-hybridized carbons (Fsp3) is 0.667. The van der Waals surface area contributed by atoms with Gasteiger partial charge in [0.2, 0.25) is 0 Å². The Morgan fingerprint density at radius 2 is 2.12 bits per heavy atom. The second-order valence-electron chi connectivity index (χ2n) is 4.90. The molecule has 0 saturated heterocycles. The topological polar surface area (TPSA) is 34.9 Å². The maximum atomic E-state index is 11.7. The van der Waals surface area contributed by atoms with E-state index in [4.69, 9.17) is 11.6 Å². The Kier molecular flexibility index (Phi) is 4.15. The molecule has 0 atom stereocenters. The normalized spacial score (nSPS) is 19.2. The minimum atomic E-state index is -0.221. The second kappa shape index (κ2) is 5.44. The van der Waals surface area contributed by atoms with E-state index in [1.54, 1.807) is 10.8 Å². The molecule has 0 bridgehead atoms. The first-order valence-electron chi connectivity index (χ1n) is 5.98. The molecule has 0 radical (unpaired) electrons. The smallest absolute Gasteiger partial charge is 0.297 e. The van der Waals surface area contributed by atoms with Gasteiger partial charge >= 0.3 is 5.69 Å². The van der Waals surface area contributed by atoms with Crippen LogP contribution in [0.3, 0.4) is 0 Å². The summed E-state index contributed by atoms with van der Waals surface area (Å²) in [6, 6.07) is 0. The van der Waals surface area contributed by atoms with Crippen LogP contribution >= 0.6 is 24.2 Å². The van der Waals surface area contributed by atoms with Gasteiger partial charge in [0.15, 0.2) is 0 Å². The Hall–Kier alpha value is -0.480. The number of hydrogen-bond acceptors (Lipinski definition) is 3. The zero-order valence-electron chi connectivity index (χ0n) is 9.73. The van der Waals surface area contributed by atoms with E-state index < -0.39 is 0 Å². The molecule has 17 heavy (non-hydrogen) atoms. The molecule has 1 aromatic rings. The molecule has 0 N–H and O–H groups in total. The lowest BCUT2D eigenvalue weighted by Gasteiger charge is -2.36. The van der Waals surface area contributed by atoms with Crippen molar-refractivity contribution in [1.29, 1.82) is 0 Å². The van der Waals surface area contributed by atoms with Gasteiger partial charge in [-0.25, -0.2) is 9.78 Å². The van der Waals surface area contributed by atoms with Crippen LogP contribution in [0.4, 0.5) is 0 Å². The third-order valence-corrected chi connectivity index (χ3v) is 4.44. The average molecular weight is 273 g/mol. The van der Waals surface area contributed by atoms with Crippen molar-refractivity contribution in [2.45, 2.75) is 38.6 Å². The molecule has 0 unspecified atom stereocenters. The molecule has 0 spiro atoms. The van der Waals surface area contributed by atoms with E-state index in [1.165, 1.54) is 25.5 Å². The Bertz CT molecular complexity index is 440. The van der Waals surface area contributed by atoms with Crippen LogP contribution < -0.4 is 5.69 Å². The van der Waals surface area contributed by atoms with Gasteiger partial charge in [-0.3, -0.25) is 4.57 Å². The number of rotatable bonds is 3. The molecule has 94 valence electrons. The van der Waals surface area contributed by atoms with Gasteiger partial charge in [0, 0.05) is 12.7 Å². The molecular weight excluding hydrogens is 256 g/mol. The van der Waals surface area contributed by atoms with Gasteiger partial charge < -0.3 is 0 Å². The van der Waals surface area contributed by atoms with Crippen LogP contribution in [0.25, 0.3) is 0 Å². The first kappa shape index (κ1) is 13.0. The highest BCUT2D eigenvalue weighted by Gasteiger charge is 2.31. The molecule has 5 heteroatoms. The lowest BCUT2D eigenvalue weighted by atomic mass is 9.75. The predicted octanol–water partition coefficient (Wildman–Crippen LogP) is 2.78. The van der Waals surface area contributed by atoms with E-state index in [0.29, 0.717) is 11.6 Å². The molecular formula is C12H17ClN2OS. The minimum absolute atomic E-state index is 0.136. The lowest BCUT2D eigenvalue weighted by molar-refractivity contribution is 0.187. The fourth-order valence-corrected chi connectivity index (χ4v) is 3.15. The zero-order chi connectivity index (χ0) is 12.3. The van der Waals surface area contributed by atoms with Crippen molar-refractivity contribution in [3.8, 4) is 0 Å². The highest BCUT2D eigenvalue weighted by Crippen LogP contribution is 2.38. The van der Waals surface area contributed by atoms with Crippen LogP contribution in [0.2, 0.25) is 5.02 Å². The van der Waals surface area contributed by atoms with E-state index in [1.807, 2.05) is 0 Å². The highest BCUT2D eigenvalue weighted by molar-refractivity contribution is 7.80. The van der Waals surface area contributed by atoms with Crippen molar-refractivity contribution in [3.63, 3.8) is 0 Å². The molecule has 1 saturated carbocycles. The highest BCUT2D eigenvalue weighted by atomic mass is 35.5. The fourth-order valence-electron chi connectivity index (χ4n) is 2.57. The van der Waals surface area contributed by atoms with E-state index in [-0.39, 0.29) is 11.1 Å². The van der Waals surface area contributed by atoms with Gasteiger partial charge in [-0.15, -0.1) is 0 Å². The van der Waals surface area contributed by atoms with E-state index >= 15 is 0 Å². The number of thiol groups is 1. The second-order valence-corrected chi connectivity index (χ2v) is 5.65. The van der Waals surface area contributed by atoms with Crippen molar-refractivity contribution >= 4 is 24.2 Å². The van der Waals surface area contributed by atoms with Crippen molar-refractivity contribution in [2.24, 2.45) is 5.41 Å². The van der Waals surface area contributed by atoms with Crippen LogP contribution in [0.1, 0.15) is 32.1 Å². The summed E-state index contributed by atoms with van der Waals surface area (Å²) >= 11 is 10.4. The molecule has 0 aliphatic heterocycles. The van der Waals surface area contributed by atoms with Crippen molar-refractivity contribution in [3.05, 3.63) is 27.9 Å². The summed E-state index contributed by atoms with van der Waals surface area (Å²) in [7, 11) is 0. The molecule has 2 rings (SSSR count). The minimum Gasteiger partial charge on any atom is -0.297 e. The summed E-state index contributed by atoms with van der Waals surface area (Å²) in [5.41, 5.74) is -0.0847. The third-order valence-electron chi connectivity index (χ3n) is 3.58. The Labute approximate surface area is 112 Å². The number of hydrogen-bond donors (Lipinski definition) is 1. The van der Waals surface area contributed by atoms with Crippen molar-refractivity contribution in [1.82, 2.24) is 9.55 Å². The van der Waals surface area contributed by atoms with Gasteiger partial charge in [0.05, 0.1) is 11.2 Å². The van der Waals surface area contributed by atoms with Crippen LogP contribution in [0.15, 0.2) is 17.2 Å². The molecule has 1 aromatic heterocycles. The largest absolute Gasteiger partial charge is 0.347 e. The number of halogens is 1. The van der Waals surface area contributed by atoms with Crippen LogP contribution in [0.5, 0.6) is 0 Å². The van der Waals surface area contributed by atoms with Gasteiger partial charge in [-0.2, -0.15) is 12.6 Å². The lowest BCUT2D eigenvalue weighted by Crippen LogP contribution is -2.36. The van der Waals surface area contributed by atoms with E-state index in [0.717, 1.165) is 18.6 Å². The predicted molar refractivity (Wildman–Crippen MR) is 72.9 cm³/mol. The first-order chi connectivity index (χ1) is 8.15. The molecule has 0 aromatic carbocycles.